The summed E-state index contributed by atoms with van der Waals surface area (Å²) in [6.07, 6.45) is 1.31. The van der Waals surface area contributed by atoms with Crippen molar-refractivity contribution in [3.8, 4) is 22.4 Å². The lowest BCUT2D eigenvalue weighted by Gasteiger charge is -2.27. The molecule has 1 amide bonds. The summed E-state index contributed by atoms with van der Waals surface area (Å²) in [5.41, 5.74) is 3.68. The molecule has 0 aliphatic carbocycles. The first kappa shape index (κ1) is 28.5. The molecule has 2 heterocycles. The van der Waals surface area contributed by atoms with Gasteiger partial charge in [-0.15, -0.1) is 0 Å². The van der Waals surface area contributed by atoms with E-state index < -0.39 is 0 Å². The normalized spacial score (nSPS) is 13.5. The summed E-state index contributed by atoms with van der Waals surface area (Å²) in [4.78, 5) is 20.0. The minimum absolute atomic E-state index is 0.138. The number of methoxy groups -OCH3 is 2. The Kier molecular flexibility index (Phi) is 9.79. The van der Waals surface area contributed by atoms with Crippen LogP contribution < -0.4 is 19.5 Å². The molecule has 214 valence electrons. The predicted molar refractivity (Wildman–Crippen MR) is 157 cm³/mol. The number of hydrogen-bond donors (Lipinski definition) is 1. The second-order valence-electron chi connectivity index (χ2n) is 9.65. The van der Waals surface area contributed by atoms with Gasteiger partial charge in [-0.2, -0.15) is 9.36 Å². The Morgan fingerprint density at radius 1 is 0.951 bits per heavy atom. The molecule has 0 atom stereocenters. The van der Waals surface area contributed by atoms with Crippen molar-refractivity contribution in [1.82, 2.24) is 19.6 Å². The van der Waals surface area contributed by atoms with Crippen LogP contribution in [0.2, 0.25) is 0 Å². The summed E-state index contributed by atoms with van der Waals surface area (Å²) in [6.45, 7) is 4.14. The zero-order chi connectivity index (χ0) is 28.4. The van der Waals surface area contributed by atoms with Gasteiger partial charge in [0.15, 0.2) is 17.3 Å². The second kappa shape index (κ2) is 14.1. The van der Waals surface area contributed by atoms with Crippen LogP contribution in [0, 0.1) is 0 Å². The summed E-state index contributed by atoms with van der Waals surface area (Å²) in [5, 5.41) is 3.51. The number of amides is 1. The van der Waals surface area contributed by atoms with Crippen molar-refractivity contribution >= 4 is 17.4 Å². The van der Waals surface area contributed by atoms with Crippen LogP contribution in [0.3, 0.4) is 0 Å². The van der Waals surface area contributed by atoms with Crippen LogP contribution in [0.5, 0.6) is 22.4 Å². The number of nitrogens with zero attached hydrogens (tertiary/aromatic N) is 3. The van der Waals surface area contributed by atoms with Crippen LogP contribution in [0.15, 0.2) is 66.7 Å². The van der Waals surface area contributed by atoms with Gasteiger partial charge >= 0.3 is 0 Å². The maximum Gasteiger partial charge on any atom is 0.298 e. The maximum atomic E-state index is 13.1. The van der Waals surface area contributed by atoms with E-state index in [-0.39, 0.29) is 5.91 Å². The van der Waals surface area contributed by atoms with Crippen molar-refractivity contribution in [2.24, 2.45) is 0 Å². The molecule has 3 aromatic carbocycles. The van der Waals surface area contributed by atoms with E-state index in [9.17, 15) is 4.79 Å². The number of ether oxygens (including phenoxy) is 4. The average molecular weight is 575 g/mol. The predicted octanol–water partition coefficient (Wildman–Crippen LogP) is 4.74. The van der Waals surface area contributed by atoms with Gasteiger partial charge in [-0.05, 0) is 47.9 Å². The fourth-order valence-electron chi connectivity index (χ4n) is 4.63. The highest BCUT2D eigenvalue weighted by atomic mass is 32.1. The van der Waals surface area contributed by atoms with Crippen molar-refractivity contribution in [3.63, 3.8) is 0 Å². The number of hydrogen-bond acceptors (Lipinski definition) is 9. The molecule has 1 aliphatic rings. The van der Waals surface area contributed by atoms with E-state index >= 15 is 0 Å². The Labute approximate surface area is 244 Å². The summed E-state index contributed by atoms with van der Waals surface area (Å²) in [5.74, 6) is 2.59. The van der Waals surface area contributed by atoms with Crippen molar-refractivity contribution in [2.45, 2.75) is 19.4 Å². The third kappa shape index (κ3) is 7.81. The van der Waals surface area contributed by atoms with Gasteiger partial charge in [0.05, 0.1) is 27.4 Å². The Morgan fingerprint density at radius 2 is 1.73 bits per heavy atom. The molecule has 10 heteroatoms. The van der Waals surface area contributed by atoms with Crippen LogP contribution >= 0.6 is 11.5 Å². The number of nitrogens with one attached hydrogen (secondary N) is 1. The highest BCUT2D eigenvalue weighted by Crippen LogP contribution is 2.30. The quantitative estimate of drug-likeness (QED) is 0.259. The summed E-state index contributed by atoms with van der Waals surface area (Å²) in [6, 6.07) is 21.4. The lowest BCUT2D eigenvalue weighted by Crippen LogP contribution is -2.35. The van der Waals surface area contributed by atoms with Gasteiger partial charge < -0.3 is 24.3 Å². The zero-order valence-corrected chi connectivity index (χ0v) is 24.1. The molecule has 0 saturated carbocycles. The Balaban J connectivity index is 1.26. The average Bonchev–Trinajstić information content (AvgIpc) is 3.45. The van der Waals surface area contributed by atoms with Crippen molar-refractivity contribution < 1.29 is 23.7 Å². The number of morpholine rings is 1. The molecular weight excluding hydrogens is 540 g/mol. The number of aromatic nitrogens is 2. The smallest absolute Gasteiger partial charge is 0.298 e. The Morgan fingerprint density at radius 3 is 2.51 bits per heavy atom. The Bertz CT molecular complexity index is 1440. The van der Waals surface area contributed by atoms with E-state index in [0.717, 1.165) is 35.6 Å². The van der Waals surface area contributed by atoms with E-state index in [1.54, 1.807) is 20.3 Å². The number of carbonyl (C=O) groups excluding carboxylic acids is 1. The molecule has 41 heavy (non-hydrogen) atoms. The minimum Gasteiger partial charge on any atom is -0.493 e. The Hall–Kier alpha value is -3.99. The number of rotatable bonds is 12. The molecule has 1 aromatic heterocycles. The first-order chi connectivity index (χ1) is 20.1. The van der Waals surface area contributed by atoms with Gasteiger partial charge in [0.2, 0.25) is 0 Å². The van der Waals surface area contributed by atoms with Crippen LogP contribution in [0.4, 0.5) is 0 Å². The molecule has 4 aromatic rings. The molecule has 1 aliphatic heterocycles. The van der Waals surface area contributed by atoms with E-state index in [2.05, 4.69) is 31.7 Å². The summed E-state index contributed by atoms with van der Waals surface area (Å²) >= 11 is 1.23. The number of carbonyl (C=O) groups is 1. The standard InChI is InChI=1S/C31H34N4O5S/c1-37-27-10-8-23(18-28(27)38-2)12-13-32-30(36)24-9-11-26(25(20-24)21-35-14-16-39-17-15-35)40-31-33-29(34-41-31)19-22-6-4-3-5-7-22/h3-11,18,20H,12-17,19,21H2,1-2H3,(H,32,36). The molecule has 0 spiro atoms. The maximum absolute atomic E-state index is 13.1. The van der Waals surface area contributed by atoms with Gasteiger partial charge in [0.1, 0.15) is 5.75 Å². The molecule has 1 fully saturated rings. The van der Waals surface area contributed by atoms with Gasteiger partial charge in [0, 0.05) is 55.3 Å². The van der Waals surface area contributed by atoms with Gasteiger partial charge in [0.25, 0.3) is 11.1 Å². The molecule has 5 rings (SSSR count). The van der Waals surface area contributed by atoms with E-state index in [4.69, 9.17) is 18.9 Å². The highest BCUT2D eigenvalue weighted by molar-refractivity contribution is 7.07. The zero-order valence-electron chi connectivity index (χ0n) is 23.3. The topological polar surface area (TPSA) is 95.0 Å². The molecule has 9 nitrogen and oxygen atoms in total. The summed E-state index contributed by atoms with van der Waals surface area (Å²) in [7, 11) is 3.22. The van der Waals surface area contributed by atoms with E-state index in [1.165, 1.54) is 11.5 Å². The molecule has 0 bridgehead atoms. The molecule has 0 unspecified atom stereocenters. The van der Waals surface area contributed by atoms with Gasteiger partial charge in [-0.25, -0.2) is 0 Å². The van der Waals surface area contributed by atoms with Crippen molar-refractivity contribution in [1.29, 1.82) is 0 Å². The second-order valence-corrected chi connectivity index (χ2v) is 10.4. The largest absolute Gasteiger partial charge is 0.493 e. The first-order valence-electron chi connectivity index (χ1n) is 13.6. The molecular formula is C31H34N4O5S. The van der Waals surface area contributed by atoms with Crippen molar-refractivity contribution in [2.75, 3.05) is 47.1 Å². The lowest BCUT2D eigenvalue weighted by molar-refractivity contribution is 0.0339. The molecule has 1 N–H and O–H groups in total. The molecule has 1 saturated heterocycles. The molecule has 0 radical (unpaired) electrons. The van der Waals surface area contributed by atoms with E-state index in [0.29, 0.717) is 67.2 Å². The van der Waals surface area contributed by atoms with Crippen molar-refractivity contribution in [3.05, 3.63) is 94.8 Å². The van der Waals surface area contributed by atoms with Crippen LogP contribution in [0.1, 0.15) is 32.9 Å². The SMILES string of the molecule is COc1ccc(CCNC(=O)c2ccc(Oc3nc(Cc4ccccc4)ns3)c(CN3CCOCC3)c2)cc1OC. The van der Waals surface area contributed by atoms with Crippen LogP contribution in [0.25, 0.3) is 0 Å². The first-order valence-corrected chi connectivity index (χ1v) is 14.3. The number of benzene rings is 3. The fraction of sp³-hybridized carbons (Fsp3) is 0.323. The van der Waals surface area contributed by atoms with Crippen LogP contribution in [-0.4, -0.2) is 67.2 Å². The lowest BCUT2D eigenvalue weighted by atomic mass is 10.1. The highest BCUT2D eigenvalue weighted by Gasteiger charge is 2.18. The monoisotopic (exact) mass is 574 g/mol. The third-order valence-corrected chi connectivity index (χ3v) is 7.45. The fourth-order valence-corrected chi connectivity index (χ4v) is 5.19. The minimum atomic E-state index is -0.138. The van der Waals surface area contributed by atoms with Crippen LogP contribution in [-0.2, 0) is 24.1 Å². The third-order valence-electron chi connectivity index (χ3n) is 6.82. The van der Waals surface area contributed by atoms with E-state index in [1.807, 2.05) is 48.5 Å². The van der Waals surface area contributed by atoms with Gasteiger partial charge in [-0.1, -0.05) is 36.4 Å². The summed E-state index contributed by atoms with van der Waals surface area (Å²) < 4.78 is 26.9. The van der Waals surface area contributed by atoms with Gasteiger partial charge in [-0.3, -0.25) is 9.69 Å².